The van der Waals surface area contributed by atoms with Crippen molar-refractivity contribution in [3.05, 3.63) is 11.7 Å². The molecule has 0 radical (unpaired) electrons. The van der Waals surface area contributed by atoms with E-state index >= 15 is 0 Å². The highest BCUT2D eigenvalue weighted by atomic mass is 16.5. The highest BCUT2D eigenvalue weighted by Crippen LogP contribution is 2.43. The average molecular weight is 235 g/mol. The first-order chi connectivity index (χ1) is 8.29. The van der Waals surface area contributed by atoms with E-state index in [2.05, 4.69) is 29.3 Å². The first kappa shape index (κ1) is 11.2. The number of aromatic nitrogens is 2. The fourth-order valence-electron chi connectivity index (χ4n) is 3.21. The second-order valence-electron chi connectivity index (χ2n) is 5.54. The van der Waals surface area contributed by atoms with Crippen LogP contribution in [0.3, 0.4) is 0 Å². The van der Waals surface area contributed by atoms with Crippen molar-refractivity contribution in [2.75, 3.05) is 6.54 Å². The van der Waals surface area contributed by atoms with Gasteiger partial charge in [0.25, 0.3) is 0 Å². The molecule has 17 heavy (non-hydrogen) atoms. The van der Waals surface area contributed by atoms with E-state index in [9.17, 15) is 0 Å². The molecule has 0 amide bonds. The molecule has 0 spiro atoms. The molecular weight excluding hydrogens is 214 g/mol. The minimum atomic E-state index is 0.313. The Labute approximate surface area is 102 Å². The van der Waals surface area contributed by atoms with E-state index in [1.807, 2.05) is 0 Å². The third-order valence-electron chi connectivity index (χ3n) is 4.52. The lowest BCUT2D eigenvalue weighted by atomic mass is 9.94. The number of rotatable bonds is 3. The highest BCUT2D eigenvalue weighted by Gasteiger charge is 2.42. The lowest BCUT2D eigenvalue weighted by Gasteiger charge is -2.13. The fourth-order valence-corrected chi connectivity index (χ4v) is 3.21. The Morgan fingerprint density at radius 2 is 2.35 bits per heavy atom. The first-order valence-corrected chi connectivity index (χ1v) is 6.86. The maximum atomic E-state index is 5.46. The van der Waals surface area contributed by atoms with Gasteiger partial charge in [0.05, 0.1) is 6.04 Å². The smallest absolute Gasteiger partial charge is 0.244 e. The van der Waals surface area contributed by atoms with Gasteiger partial charge in [-0.2, -0.15) is 4.98 Å². The molecular formula is C13H21N3O. The number of nitrogens with zero attached hydrogens (tertiary/aromatic N) is 2. The van der Waals surface area contributed by atoms with Crippen molar-refractivity contribution >= 4 is 0 Å². The van der Waals surface area contributed by atoms with Crippen molar-refractivity contribution in [3.63, 3.8) is 0 Å². The Bertz CT molecular complexity index is 390. The summed E-state index contributed by atoms with van der Waals surface area (Å²) < 4.78 is 5.46. The SMILES string of the molecule is CCC(C)c1noc(C2NCC3CCCC32)n1. The van der Waals surface area contributed by atoms with Crippen molar-refractivity contribution in [1.29, 1.82) is 0 Å². The van der Waals surface area contributed by atoms with Gasteiger partial charge in [-0.25, -0.2) is 0 Å². The summed E-state index contributed by atoms with van der Waals surface area (Å²) in [5.74, 6) is 3.63. The van der Waals surface area contributed by atoms with E-state index < -0.39 is 0 Å². The second-order valence-corrected chi connectivity index (χ2v) is 5.54. The largest absolute Gasteiger partial charge is 0.338 e. The van der Waals surface area contributed by atoms with Crippen LogP contribution in [0.25, 0.3) is 0 Å². The molecule has 94 valence electrons. The van der Waals surface area contributed by atoms with Gasteiger partial charge in [-0.15, -0.1) is 0 Å². The summed E-state index contributed by atoms with van der Waals surface area (Å²) in [6.07, 6.45) is 5.09. The Morgan fingerprint density at radius 1 is 1.47 bits per heavy atom. The first-order valence-electron chi connectivity index (χ1n) is 6.86. The van der Waals surface area contributed by atoms with E-state index in [1.54, 1.807) is 0 Å². The molecule has 2 heterocycles. The average Bonchev–Trinajstić information content (AvgIpc) is 3.02. The fraction of sp³-hybridized carbons (Fsp3) is 0.846. The predicted molar refractivity (Wildman–Crippen MR) is 64.6 cm³/mol. The third-order valence-corrected chi connectivity index (χ3v) is 4.52. The molecule has 4 nitrogen and oxygen atoms in total. The van der Waals surface area contributed by atoms with Gasteiger partial charge in [0.1, 0.15) is 0 Å². The summed E-state index contributed by atoms with van der Waals surface area (Å²) in [6, 6.07) is 0.313. The standard InChI is InChI=1S/C13H21N3O/c1-3-8(2)12-15-13(17-16-12)11-10-6-4-5-9(10)7-14-11/h8-11,14H,3-7H2,1-2H3. The van der Waals surface area contributed by atoms with E-state index in [4.69, 9.17) is 4.52 Å². The van der Waals surface area contributed by atoms with Crippen LogP contribution in [0.1, 0.15) is 63.2 Å². The molecule has 1 saturated heterocycles. The topological polar surface area (TPSA) is 51.0 Å². The zero-order chi connectivity index (χ0) is 11.8. The number of fused-ring (bicyclic) bond motifs is 1. The molecule has 0 aromatic carbocycles. The van der Waals surface area contributed by atoms with Crippen molar-refractivity contribution in [2.45, 2.75) is 51.5 Å². The Hall–Kier alpha value is -0.900. The van der Waals surface area contributed by atoms with Gasteiger partial charge in [-0.1, -0.05) is 25.4 Å². The molecule has 2 fully saturated rings. The van der Waals surface area contributed by atoms with Crippen LogP contribution in [0.2, 0.25) is 0 Å². The molecule has 4 heteroatoms. The number of nitrogens with one attached hydrogen (secondary N) is 1. The van der Waals surface area contributed by atoms with Gasteiger partial charge in [-0.05, 0) is 37.6 Å². The van der Waals surface area contributed by atoms with Crippen LogP contribution in [0, 0.1) is 11.8 Å². The second kappa shape index (κ2) is 4.41. The van der Waals surface area contributed by atoms with Crippen molar-refractivity contribution in [3.8, 4) is 0 Å². The van der Waals surface area contributed by atoms with Crippen LogP contribution in [0.15, 0.2) is 4.52 Å². The van der Waals surface area contributed by atoms with Gasteiger partial charge in [0.2, 0.25) is 5.89 Å². The lowest BCUT2D eigenvalue weighted by Crippen LogP contribution is -2.18. The normalized spacial score (nSPS) is 33.9. The van der Waals surface area contributed by atoms with Crippen LogP contribution in [0.4, 0.5) is 0 Å². The van der Waals surface area contributed by atoms with Crippen LogP contribution in [-0.2, 0) is 0 Å². The summed E-state index contributed by atoms with van der Waals surface area (Å²) in [5.41, 5.74) is 0. The number of hydrogen-bond acceptors (Lipinski definition) is 4. The molecule has 1 aliphatic carbocycles. The van der Waals surface area contributed by atoms with Crippen molar-refractivity contribution in [2.24, 2.45) is 11.8 Å². The zero-order valence-electron chi connectivity index (χ0n) is 10.6. The molecule has 1 aromatic heterocycles. The summed E-state index contributed by atoms with van der Waals surface area (Å²) in [6.45, 7) is 5.42. The third kappa shape index (κ3) is 1.88. The molecule has 0 bridgehead atoms. The van der Waals surface area contributed by atoms with E-state index in [-0.39, 0.29) is 0 Å². The summed E-state index contributed by atoms with van der Waals surface area (Å²) in [5, 5.41) is 7.67. The summed E-state index contributed by atoms with van der Waals surface area (Å²) in [7, 11) is 0. The number of hydrogen-bond donors (Lipinski definition) is 1. The lowest BCUT2D eigenvalue weighted by molar-refractivity contribution is 0.300. The molecule has 4 atom stereocenters. The monoisotopic (exact) mass is 235 g/mol. The highest BCUT2D eigenvalue weighted by molar-refractivity contribution is 5.04. The maximum Gasteiger partial charge on any atom is 0.244 e. The van der Waals surface area contributed by atoms with Gasteiger partial charge in [-0.3, -0.25) is 0 Å². The molecule has 3 rings (SSSR count). The van der Waals surface area contributed by atoms with Crippen LogP contribution in [0.5, 0.6) is 0 Å². The zero-order valence-corrected chi connectivity index (χ0v) is 10.6. The minimum absolute atomic E-state index is 0.313. The summed E-state index contributed by atoms with van der Waals surface area (Å²) in [4.78, 5) is 4.58. The van der Waals surface area contributed by atoms with Gasteiger partial charge in [0, 0.05) is 5.92 Å². The molecule has 1 N–H and O–H groups in total. The Morgan fingerprint density at radius 3 is 3.18 bits per heavy atom. The summed E-state index contributed by atoms with van der Waals surface area (Å²) >= 11 is 0. The molecule has 1 aromatic rings. The van der Waals surface area contributed by atoms with Gasteiger partial charge in [0.15, 0.2) is 5.82 Å². The van der Waals surface area contributed by atoms with Crippen LogP contribution >= 0.6 is 0 Å². The van der Waals surface area contributed by atoms with Gasteiger partial charge >= 0.3 is 0 Å². The van der Waals surface area contributed by atoms with Crippen LogP contribution < -0.4 is 5.32 Å². The molecule has 2 aliphatic rings. The van der Waals surface area contributed by atoms with E-state index in [0.717, 1.165) is 36.5 Å². The Kier molecular flexibility index (Phi) is 2.90. The minimum Gasteiger partial charge on any atom is -0.338 e. The maximum absolute atomic E-state index is 5.46. The van der Waals surface area contributed by atoms with Crippen LogP contribution in [-0.4, -0.2) is 16.7 Å². The molecule has 1 saturated carbocycles. The predicted octanol–water partition coefficient (Wildman–Crippen LogP) is 2.64. The van der Waals surface area contributed by atoms with Gasteiger partial charge < -0.3 is 9.84 Å². The molecule has 4 unspecified atom stereocenters. The molecule has 1 aliphatic heterocycles. The Balaban J connectivity index is 1.78. The van der Waals surface area contributed by atoms with E-state index in [1.165, 1.54) is 19.3 Å². The van der Waals surface area contributed by atoms with Crippen molar-refractivity contribution in [1.82, 2.24) is 15.5 Å². The quantitative estimate of drug-likeness (QED) is 0.875. The van der Waals surface area contributed by atoms with Crippen molar-refractivity contribution < 1.29 is 4.52 Å². The van der Waals surface area contributed by atoms with E-state index in [0.29, 0.717) is 12.0 Å².